The van der Waals surface area contributed by atoms with Gasteiger partial charge in [0, 0.05) is 36.7 Å². The minimum Gasteiger partial charge on any atom is -0.374 e. The van der Waals surface area contributed by atoms with Gasteiger partial charge in [-0.25, -0.2) is 4.79 Å². The van der Waals surface area contributed by atoms with Crippen molar-refractivity contribution in [3.63, 3.8) is 0 Å². The predicted molar refractivity (Wildman–Crippen MR) is 98.9 cm³/mol. The fraction of sp³-hybridized carbons (Fsp3) is 0.600. The first-order chi connectivity index (χ1) is 12.5. The van der Waals surface area contributed by atoms with Gasteiger partial charge in [-0.2, -0.15) is 0 Å². The summed E-state index contributed by atoms with van der Waals surface area (Å²) >= 11 is 0. The number of fused-ring (bicyclic) bond motifs is 5. The molecule has 3 saturated heterocycles. The first kappa shape index (κ1) is 17.3. The molecule has 1 aromatic rings. The van der Waals surface area contributed by atoms with Crippen molar-refractivity contribution < 1.29 is 14.3 Å². The van der Waals surface area contributed by atoms with Crippen LogP contribution in [0.4, 0.5) is 10.5 Å². The molecular weight excluding hydrogens is 330 g/mol. The van der Waals surface area contributed by atoms with Gasteiger partial charge >= 0.3 is 6.03 Å². The highest BCUT2D eigenvalue weighted by Gasteiger charge is 2.53. The minimum atomic E-state index is -0.0379. The second kappa shape index (κ2) is 6.91. The van der Waals surface area contributed by atoms with Crippen molar-refractivity contribution in [1.29, 1.82) is 0 Å². The monoisotopic (exact) mass is 357 g/mol. The zero-order chi connectivity index (χ0) is 18.3. The maximum atomic E-state index is 12.6. The molecule has 3 aliphatic heterocycles. The van der Waals surface area contributed by atoms with Gasteiger partial charge in [-0.3, -0.25) is 4.79 Å². The first-order valence-corrected chi connectivity index (χ1v) is 9.59. The van der Waals surface area contributed by atoms with E-state index in [-0.39, 0.29) is 18.0 Å². The molecule has 4 rings (SSSR count). The molecule has 1 aromatic carbocycles. The summed E-state index contributed by atoms with van der Waals surface area (Å²) < 4.78 is 5.96. The number of urea groups is 1. The Bertz CT molecular complexity index is 670. The molecule has 4 unspecified atom stereocenters. The van der Waals surface area contributed by atoms with E-state index >= 15 is 0 Å². The highest BCUT2D eigenvalue weighted by Crippen LogP contribution is 2.47. The summed E-state index contributed by atoms with van der Waals surface area (Å²) in [6.07, 6.45) is 3.36. The van der Waals surface area contributed by atoms with Crippen LogP contribution in [0.3, 0.4) is 0 Å². The average Bonchev–Trinajstić information content (AvgIpc) is 3.28. The van der Waals surface area contributed by atoms with E-state index < -0.39 is 0 Å². The largest absolute Gasteiger partial charge is 0.374 e. The lowest BCUT2D eigenvalue weighted by Gasteiger charge is -2.19. The summed E-state index contributed by atoms with van der Waals surface area (Å²) in [6.45, 7) is 5.48. The minimum absolute atomic E-state index is 0.0113. The zero-order valence-electron chi connectivity index (χ0n) is 15.4. The number of ether oxygens (including phenoxy) is 1. The summed E-state index contributed by atoms with van der Waals surface area (Å²) in [4.78, 5) is 26.3. The lowest BCUT2D eigenvalue weighted by molar-refractivity contribution is -0.120. The van der Waals surface area contributed by atoms with Crippen LogP contribution in [0.25, 0.3) is 0 Å². The Kier molecular flexibility index (Phi) is 4.61. The van der Waals surface area contributed by atoms with E-state index in [2.05, 4.69) is 10.6 Å². The highest BCUT2D eigenvalue weighted by molar-refractivity contribution is 5.89. The van der Waals surface area contributed by atoms with E-state index in [9.17, 15) is 9.59 Å². The van der Waals surface area contributed by atoms with E-state index in [1.165, 1.54) is 0 Å². The molecule has 0 aliphatic carbocycles. The van der Waals surface area contributed by atoms with Gasteiger partial charge < -0.3 is 20.3 Å². The van der Waals surface area contributed by atoms with E-state index in [0.717, 1.165) is 37.2 Å². The quantitative estimate of drug-likeness (QED) is 0.869. The Labute approximate surface area is 154 Å². The fourth-order valence-corrected chi connectivity index (χ4v) is 4.59. The molecule has 6 heteroatoms. The maximum Gasteiger partial charge on any atom is 0.321 e. The topological polar surface area (TPSA) is 70.7 Å². The summed E-state index contributed by atoms with van der Waals surface area (Å²) in [5.41, 5.74) is 1.70. The molecule has 0 saturated carbocycles. The predicted octanol–water partition coefficient (Wildman–Crippen LogP) is 2.39. The Morgan fingerprint density at radius 1 is 1.12 bits per heavy atom. The molecule has 0 aromatic heterocycles. The number of benzene rings is 1. The Balaban J connectivity index is 1.30. The molecule has 0 radical (unpaired) electrons. The lowest BCUT2D eigenvalue weighted by atomic mass is 9.82. The summed E-state index contributed by atoms with van der Waals surface area (Å²) in [6, 6.07) is 7.61. The van der Waals surface area contributed by atoms with E-state index in [4.69, 9.17) is 4.74 Å². The number of carbonyl (C=O) groups excluding carboxylic acids is 2. The van der Waals surface area contributed by atoms with Crippen LogP contribution in [0.2, 0.25) is 0 Å². The molecule has 0 spiro atoms. The molecule has 4 atom stereocenters. The summed E-state index contributed by atoms with van der Waals surface area (Å²) in [7, 11) is 0. The number of hydrogen-bond acceptors (Lipinski definition) is 3. The molecule has 6 nitrogen and oxygen atoms in total. The summed E-state index contributed by atoms with van der Waals surface area (Å²) in [5.74, 6) is 1.04. The van der Waals surface area contributed by atoms with Crippen molar-refractivity contribution in [3.05, 3.63) is 29.8 Å². The molecule has 3 fully saturated rings. The van der Waals surface area contributed by atoms with Gasteiger partial charge in [-0.15, -0.1) is 0 Å². The van der Waals surface area contributed by atoms with Crippen molar-refractivity contribution >= 4 is 17.6 Å². The van der Waals surface area contributed by atoms with Gasteiger partial charge in [-0.1, -0.05) is 12.1 Å². The molecule has 140 valence electrons. The second-order valence-electron chi connectivity index (χ2n) is 8.05. The number of nitrogens with one attached hydrogen (secondary N) is 2. The smallest absolute Gasteiger partial charge is 0.321 e. The van der Waals surface area contributed by atoms with Crippen LogP contribution < -0.4 is 10.6 Å². The molecule has 26 heavy (non-hydrogen) atoms. The number of carbonyl (C=O) groups is 2. The van der Waals surface area contributed by atoms with Crippen molar-refractivity contribution in [2.45, 2.75) is 51.4 Å². The van der Waals surface area contributed by atoms with Crippen molar-refractivity contribution in [3.8, 4) is 0 Å². The third kappa shape index (κ3) is 3.43. The van der Waals surface area contributed by atoms with E-state index in [1.54, 1.807) is 0 Å². The fourth-order valence-electron chi connectivity index (χ4n) is 4.59. The third-order valence-corrected chi connectivity index (χ3v) is 5.76. The van der Waals surface area contributed by atoms with Gasteiger partial charge in [0.05, 0.1) is 18.6 Å². The van der Waals surface area contributed by atoms with Crippen molar-refractivity contribution in [1.82, 2.24) is 10.2 Å². The number of nitrogens with zero attached hydrogens (tertiary/aromatic N) is 1. The average molecular weight is 357 g/mol. The van der Waals surface area contributed by atoms with Gasteiger partial charge in [0.15, 0.2) is 0 Å². The molecular formula is C20H27N3O3. The zero-order valence-corrected chi connectivity index (χ0v) is 15.4. The first-order valence-electron chi connectivity index (χ1n) is 9.59. The van der Waals surface area contributed by atoms with Crippen LogP contribution in [0, 0.1) is 11.8 Å². The van der Waals surface area contributed by atoms with E-state index in [1.807, 2.05) is 43.0 Å². The third-order valence-electron chi connectivity index (χ3n) is 5.76. The Morgan fingerprint density at radius 3 is 2.31 bits per heavy atom. The van der Waals surface area contributed by atoms with Crippen molar-refractivity contribution in [2.75, 3.05) is 18.4 Å². The number of anilines is 1. The van der Waals surface area contributed by atoms with Crippen LogP contribution in [-0.4, -0.2) is 48.2 Å². The van der Waals surface area contributed by atoms with Gasteiger partial charge in [-0.05, 0) is 44.4 Å². The summed E-state index contributed by atoms with van der Waals surface area (Å²) in [5, 5.41) is 5.86. The highest BCUT2D eigenvalue weighted by atomic mass is 16.5. The normalized spacial score (nSPS) is 29.1. The molecule has 3 aliphatic rings. The van der Waals surface area contributed by atoms with Crippen LogP contribution in [0.1, 0.15) is 32.3 Å². The van der Waals surface area contributed by atoms with Crippen LogP contribution in [0.15, 0.2) is 24.3 Å². The van der Waals surface area contributed by atoms with Crippen molar-refractivity contribution in [2.24, 2.45) is 11.8 Å². The molecule has 3 amide bonds. The SMILES string of the molecule is CC(C)NC(=O)Cc1ccc(NC(=O)N2CC3C4CCC(O4)C3C2)cc1. The molecule has 2 N–H and O–H groups in total. The van der Waals surface area contributed by atoms with Crippen LogP contribution in [0.5, 0.6) is 0 Å². The maximum absolute atomic E-state index is 12.6. The number of rotatable bonds is 4. The van der Waals surface area contributed by atoms with Crippen LogP contribution in [-0.2, 0) is 16.0 Å². The number of amides is 3. The lowest BCUT2D eigenvalue weighted by Crippen LogP contribution is -2.35. The van der Waals surface area contributed by atoms with Crippen LogP contribution >= 0.6 is 0 Å². The Hall–Kier alpha value is -2.08. The Morgan fingerprint density at radius 2 is 1.73 bits per heavy atom. The van der Waals surface area contributed by atoms with E-state index in [0.29, 0.717) is 30.5 Å². The second-order valence-corrected chi connectivity index (χ2v) is 8.05. The standard InChI is InChI=1S/C20H27N3O3/c1-12(2)21-19(24)9-13-3-5-14(6-4-13)22-20(25)23-10-15-16(11-23)18-8-7-17(15)26-18/h3-6,12,15-18H,7-11H2,1-2H3,(H,21,24)(H,22,25). The molecule has 2 bridgehead atoms. The van der Waals surface area contributed by atoms with Gasteiger partial charge in [0.2, 0.25) is 5.91 Å². The molecule has 3 heterocycles. The number of hydrogen-bond donors (Lipinski definition) is 2. The number of likely N-dealkylation sites (tertiary alicyclic amines) is 1. The van der Waals surface area contributed by atoms with Gasteiger partial charge in [0.1, 0.15) is 0 Å². The van der Waals surface area contributed by atoms with Gasteiger partial charge in [0.25, 0.3) is 0 Å².